The van der Waals surface area contributed by atoms with E-state index in [2.05, 4.69) is 43.4 Å². The molecule has 2 heteroatoms. The maximum absolute atomic E-state index is 13.1. The number of hydrogen-bond donors (Lipinski definition) is 1. The Balaban J connectivity index is 2.05. The Bertz CT molecular complexity index is 519. The van der Waals surface area contributed by atoms with Gasteiger partial charge in [-0.05, 0) is 42.7 Å². The van der Waals surface area contributed by atoms with Crippen LogP contribution in [0, 0.1) is 5.82 Å². The molecule has 0 spiro atoms. The van der Waals surface area contributed by atoms with Crippen molar-refractivity contribution in [3.63, 3.8) is 0 Å². The fraction of sp³-hybridized carbons (Fsp3) is 0.294. The van der Waals surface area contributed by atoms with Gasteiger partial charge in [-0.3, -0.25) is 0 Å². The van der Waals surface area contributed by atoms with Crippen molar-refractivity contribution in [1.82, 2.24) is 0 Å². The summed E-state index contributed by atoms with van der Waals surface area (Å²) in [5.74, 6) is -0.213. The highest BCUT2D eigenvalue weighted by Crippen LogP contribution is 2.20. The summed E-state index contributed by atoms with van der Waals surface area (Å²) in [4.78, 5) is 0. The number of rotatable bonds is 5. The number of nitrogens with one attached hydrogen (secondary N) is 1. The summed E-state index contributed by atoms with van der Waals surface area (Å²) >= 11 is 0. The maximum atomic E-state index is 13.1. The second-order valence-corrected chi connectivity index (χ2v) is 4.87. The molecule has 1 N–H and O–H groups in total. The van der Waals surface area contributed by atoms with Crippen molar-refractivity contribution >= 4 is 5.69 Å². The Morgan fingerprint density at radius 2 is 1.84 bits per heavy atom. The van der Waals surface area contributed by atoms with E-state index in [1.807, 2.05) is 6.07 Å². The molecule has 0 radical (unpaired) electrons. The Hall–Kier alpha value is -1.83. The predicted octanol–water partition coefficient (Wildman–Crippen LogP) is 4.95. The van der Waals surface area contributed by atoms with Crippen molar-refractivity contribution in [2.45, 2.75) is 32.7 Å². The van der Waals surface area contributed by atoms with E-state index in [9.17, 15) is 4.39 Å². The Morgan fingerprint density at radius 3 is 2.47 bits per heavy atom. The summed E-state index contributed by atoms with van der Waals surface area (Å²) in [6.07, 6.45) is 2.28. The van der Waals surface area contributed by atoms with Gasteiger partial charge in [0.25, 0.3) is 0 Å². The van der Waals surface area contributed by atoms with E-state index in [0.29, 0.717) is 0 Å². The molecule has 0 fully saturated rings. The molecule has 0 bridgehead atoms. The minimum atomic E-state index is -0.213. The number of anilines is 1. The summed E-state index contributed by atoms with van der Waals surface area (Å²) in [5.41, 5.74) is 3.39. The first-order chi connectivity index (χ1) is 9.19. The molecule has 100 valence electrons. The van der Waals surface area contributed by atoms with Gasteiger partial charge in [0.2, 0.25) is 0 Å². The lowest BCUT2D eigenvalue weighted by molar-refractivity contribution is 0.628. The minimum Gasteiger partial charge on any atom is -0.378 e. The summed E-state index contributed by atoms with van der Waals surface area (Å²) in [6, 6.07) is 15.4. The number of benzene rings is 2. The third-order valence-corrected chi connectivity index (χ3v) is 3.23. The standard InChI is InChI=1S/C17H20FN/c1-3-5-14-8-10-15(11-9-14)13(2)19-17-7-4-6-16(18)12-17/h4,6-13,19H,3,5H2,1-2H3. The molecule has 1 unspecified atom stereocenters. The van der Waals surface area contributed by atoms with Gasteiger partial charge < -0.3 is 5.32 Å². The van der Waals surface area contributed by atoms with Crippen molar-refractivity contribution in [3.05, 3.63) is 65.5 Å². The number of hydrogen-bond acceptors (Lipinski definition) is 1. The van der Waals surface area contributed by atoms with Crippen molar-refractivity contribution in [3.8, 4) is 0 Å². The molecular formula is C17H20FN. The first-order valence-electron chi connectivity index (χ1n) is 6.80. The summed E-state index contributed by atoms with van der Waals surface area (Å²) in [7, 11) is 0. The van der Waals surface area contributed by atoms with Crippen LogP contribution in [0.4, 0.5) is 10.1 Å². The van der Waals surface area contributed by atoms with Crippen LogP contribution in [0.3, 0.4) is 0 Å². The molecular weight excluding hydrogens is 237 g/mol. The zero-order chi connectivity index (χ0) is 13.7. The van der Waals surface area contributed by atoms with Crippen LogP contribution in [-0.4, -0.2) is 0 Å². The Kier molecular flexibility index (Phi) is 4.56. The highest BCUT2D eigenvalue weighted by molar-refractivity contribution is 5.45. The van der Waals surface area contributed by atoms with Crippen LogP contribution in [-0.2, 0) is 6.42 Å². The van der Waals surface area contributed by atoms with Crippen LogP contribution in [0.1, 0.15) is 37.4 Å². The Morgan fingerprint density at radius 1 is 1.11 bits per heavy atom. The first-order valence-corrected chi connectivity index (χ1v) is 6.80. The van der Waals surface area contributed by atoms with E-state index in [1.165, 1.54) is 23.3 Å². The van der Waals surface area contributed by atoms with Crippen LogP contribution in [0.2, 0.25) is 0 Å². The predicted molar refractivity (Wildman–Crippen MR) is 78.9 cm³/mol. The molecule has 19 heavy (non-hydrogen) atoms. The average molecular weight is 257 g/mol. The molecule has 2 aromatic carbocycles. The van der Waals surface area contributed by atoms with Crippen LogP contribution in [0.25, 0.3) is 0 Å². The molecule has 1 nitrogen and oxygen atoms in total. The van der Waals surface area contributed by atoms with Crippen LogP contribution in [0.5, 0.6) is 0 Å². The van der Waals surface area contributed by atoms with Gasteiger partial charge in [0, 0.05) is 11.7 Å². The summed E-state index contributed by atoms with van der Waals surface area (Å²) < 4.78 is 13.1. The van der Waals surface area contributed by atoms with Gasteiger partial charge in [0.05, 0.1) is 0 Å². The SMILES string of the molecule is CCCc1ccc(C(C)Nc2cccc(F)c2)cc1. The fourth-order valence-electron chi connectivity index (χ4n) is 2.17. The monoisotopic (exact) mass is 257 g/mol. The van der Waals surface area contributed by atoms with Gasteiger partial charge in [0.15, 0.2) is 0 Å². The molecule has 0 saturated heterocycles. The van der Waals surface area contributed by atoms with Gasteiger partial charge >= 0.3 is 0 Å². The van der Waals surface area contributed by atoms with Gasteiger partial charge in [-0.15, -0.1) is 0 Å². The molecule has 0 aliphatic carbocycles. The zero-order valence-corrected chi connectivity index (χ0v) is 11.5. The van der Waals surface area contributed by atoms with Gasteiger partial charge in [-0.2, -0.15) is 0 Å². The molecule has 0 aliphatic heterocycles. The van der Waals surface area contributed by atoms with Crippen molar-refractivity contribution in [2.24, 2.45) is 0 Å². The molecule has 0 aliphatic rings. The third-order valence-electron chi connectivity index (χ3n) is 3.23. The Labute approximate surface area is 114 Å². The van der Waals surface area contributed by atoms with Crippen molar-refractivity contribution < 1.29 is 4.39 Å². The second-order valence-electron chi connectivity index (χ2n) is 4.87. The number of halogens is 1. The van der Waals surface area contributed by atoms with Gasteiger partial charge in [0.1, 0.15) is 5.82 Å². The molecule has 1 atom stereocenters. The van der Waals surface area contributed by atoms with E-state index < -0.39 is 0 Å². The van der Waals surface area contributed by atoms with Gasteiger partial charge in [-0.1, -0.05) is 43.7 Å². The lowest BCUT2D eigenvalue weighted by Crippen LogP contribution is -2.06. The van der Waals surface area contributed by atoms with Crippen LogP contribution >= 0.6 is 0 Å². The van der Waals surface area contributed by atoms with Crippen LogP contribution < -0.4 is 5.32 Å². The molecule has 2 aromatic rings. The van der Waals surface area contributed by atoms with Crippen molar-refractivity contribution in [2.75, 3.05) is 5.32 Å². The molecule has 0 aromatic heterocycles. The average Bonchev–Trinajstić information content (AvgIpc) is 2.40. The maximum Gasteiger partial charge on any atom is 0.125 e. The summed E-state index contributed by atoms with van der Waals surface area (Å²) in [5, 5.41) is 3.31. The fourth-order valence-corrected chi connectivity index (χ4v) is 2.17. The second kappa shape index (κ2) is 6.37. The molecule has 2 rings (SSSR count). The largest absolute Gasteiger partial charge is 0.378 e. The van der Waals surface area contributed by atoms with Crippen LogP contribution in [0.15, 0.2) is 48.5 Å². The third kappa shape index (κ3) is 3.82. The highest BCUT2D eigenvalue weighted by atomic mass is 19.1. The quantitative estimate of drug-likeness (QED) is 0.799. The van der Waals surface area contributed by atoms with E-state index in [1.54, 1.807) is 6.07 Å². The first kappa shape index (κ1) is 13.6. The van der Waals surface area contributed by atoms with Gasteiger partial charge in [-0.25, -0.2) is 4.39 Å². The highest BCUT2D eigenvalue weighted by Gasteiger charge is 2.05. The minimum absolute atomic E-state index is 0.164. The molecule has 0 heterocycles. The smallest absolute Gasteiger partial charge is 0.125 e. The lowest BCUT2D eigenvalue weighted by Gasteiger charge is -2.16. The van der Waals surface area contributed by atoms with E-state index in [-0.39, 0.29) is 11.9 Å². The van der Waals surface area contributed by atoms with Crippen molar-refractivity contribution in [1.29, 1.82) is 0 Å². The number of aryl methyl sites for hydroxylation is 1. The van der Waals surface area contributed by atoms with E-state index in [0.717, 1.165) is 18.5 Å². The normalized spacial score (nSPS) is 12.2. The van der Waals surface area contributed by atoms with E-state index in [4.69, 9.17) is 0 Å². The molecule has 0 saturated carbocycles. The van der Waals surface area contributed by atoms with E-state index >= 15 is 0 Å². The topological polar surface area (TPSA) is 12.0 Å². The molecule has 0 amide bonds. The summed E-state index contributed by atoms with van der Waals surface area (Å²) in [6.45, 7) is 4.27. The zero-order valence-electron chi connectivity index (χ0n) is 11.5. The lowest BCUT2D eigenvalue weighted by atomic mass is 10.0.